The van der Waals surface area contributed by atoms with Crippen LogP contribution in [0.4, 0.5) is 5.69 Å². The molecule has 7 heteroatoms. The van der Waals surface area contributed by atoms with Crippen molar-refractivity contribution in [2.45, 2.75) is 25.7 Å². The Morgan fingerprint density at radius 2 is 2.03 bits per heavy atom. The fourth-order valence-electron chi connectivity index (χ4n) is 3.54. The molecule has 0 radical (unpaired) electrons. The second-order valence-corrected chi connectivity index (χ2v) is 8.29. The second kappa shape index (κ2) is 10.1. The predicted octanol–water partition coefficient (Wildman–Crippen LogP) is 5.46. The van der Waals surface area contributed by atoms with Gasteiger partial charge in [0.05, 0.1) is 10.6 Å². The zero-order chi connectivity index (χ0) is 21.5. The normalized spacial score (nSPS) is 16.8. The lowest BCUT2D eigenvalue weighted by molar-refractivity contribution is -0.384. The molecule has 0 N–H and O–H groups in total. The smallest absolute Gasteiger partial charge is 0.258 e. The van der Waals surface area contributed by atoms with Crippen molar-refractivity contribution in [1.82, 2.24) is 4.68 Å². The molecule has 0 amide bonds. The monoisotopic (exact) mass is 432 g/mol. The van der Waals surface area contributed by atoms with Gasteiger partial charge in [-0.2, -0.15) is 5.10 Å². The summed E-state index contributed by atoms with van der Waals surface area (Å²) in [6.45, 7) is 0.653. The third kappa shape index (κ3) is 5.44. The van der Waals surface area contributed by atoms with Crippen LogP contribution >= 0.6 is 11.3 Å². The molecular formula is C24H24N4O2S. The molecule has 0 saturated carbocycles. The van der Waals surface area contributed by atoms with Gasteiger partial charge in [0.1, 0.15) is 0 Å². The van der Waals surface area contributed by atoms with Crippen molar-refractivity contribution < 1.29 is 4.92 Å². The number of hydrogen-bond acceptors (Lipinski definition) is 5. The Bertz CT molecular complexity index is 1160. The number of rotatable bonds is 7. The minimum Gasteiger partial charge on any atom is -0.258 e. The molecule has 1 aliphatic carbocycles. The Morgan fingerprint density at radius 3 is 2.81 bits per heavy atom. The Kier molecular flexibility index (Phi) is 6.84. The zero-order valence-corrected chi connectivity index (χ0v) is 17.9. The van der Waals surface area contributed by atoms with E-state index in [1.807, 2.05) is 40.5 Å². The first-order chi connectivity index (χ1) is 15.2. The minimum absolute atomic E-state index is 0.0687. The maximum Gasteiger partial charge on any atom is 0.270 e. The molecule has 2 aromatic carbocycles. The van der Waals surface area contributed by atoms with Crippen LogP contribution < -0.4 is 4.80 Å². The molecule has 1 unspecified atom stereocenters. The maximum absolute atomic E-state index is 11.2. The van der Waals surface area contributed by atoms with Gasteiger partial charge in [-0.1, -0.05) is 54.6 Å². The maximum atomic E-state index is 11.2. The number of thiazole rings is 1. The van der Waals surface area contributed by atoms with Crippen LogP contribution in [0.2, 0.25) is 0 Å². The standard InChI is InChI=1S/C24H24N4O2S/c29-28(30)22-13-7-12-21(16-22)23-18-31-24(25-15-14-19-8-3-1-4-9-19)27(23)26-17-20-10-5-2-6-11-20/h1-5,7-9,12-13,16-18,20H,6,10-11,14-15H2. The van der Waals surface area contributed by atoms with Gasteiger partial charge in [-0.3, -0.25) is 15.1 Å². The van der Waals surface area contributed by atoms with Crippen molar-refractivity contribution in [3.63, 3.8) is 0 Å². The van der Waals surface area contributed by atoms with E-state index < -0.39 is 0 Å². The van der Waals surface area contributed by atoms with Gasteiger partial charge in [-0.15, -0.1) is 11.3 Å². The third-order valence-corrected chi connectivity index (χ3v) is 6.08. The number of nitro benzene ring substituents is 1. The van der Waals surface area contributed by atoms with E-state index in [2.05, 4.69) is 24.3 Å². The molecule has 0 bridgehead atoms. The fraction of sp³-hybridized carbons (Fsp3) is 0.250. The number of allylic oxidation sites excluding steroid dienone is 2. The van der Waals surface area contributed by atoms with Gasteiger partial charge in [0.25, 0.3) is 5.69 Å². The van der Waals surface area contributed by atoms with Crippen LogP contribution in [-0.2, 0) is 6.42 Å². The number of non-ortho nitro benzene ring substituents is 1. The van der Waals surface area contributed by atoms with E-state index in [9.17, 15) is 10.1 Å². The molecule has 1 heterocycles. The lowest BCUT2D eigenvalue weighted by Gasteiger charge is -2.12. The highest BCUT2D eigenvalue weighted by Gasteiger charge is 2.13. The van der Waals surface area contributed by atoms with Crippen molar-refractivity contribution in [3.8, 4) is 11.3 Å². The first kappa shape index (κ1) is 20.9. The van der Waals surface area contributed by atoms with Crippen molar-refractivity contribution in [3.05, 3.63) is 92.6 Å². The quantitative estimate of drug-likeness (QED) is 0.215. The van der Waals surface area contributed by atoms with Gasteiger partial charge in [-0.05, 0) is 37.2 Å². The molecule has 0 fully saturated rings. The summed E-state index contributed by atoms with van der Waals surface area (Å²) in [6, 6.07) is 16.9. The Labute approximate surface area is 185 Å². The van der Waals surface area contributed by atoms with Gasteiger partial charge in [0.15, 0.2) is 0 Å². The number of benzene rings is 2. The first-order valence-corrected chi connectivity index (χ1v) is 11.3. The number of aromatic nitrogens is 1. The topological polar surface area (TPSA) is 72.8 Å². The second-order valence-electron chi connectivity index (χ2n) is 7.45. The summed E-state index contributed by atoms with van der Waals surface area (Å²) in [5.74, 6) is 0.396. The summed E-state index contributed by atoms with van der Waals surface area (Å²) in [4.78, 5) is 16.4. The molecule has 6 nitrogen and oxygen atoms in total. The van der Waals surface area contributed by atoms with Gasteiger partial charge in [0.2, 0.25) is 4.80 Å². The van der Waals surface area contributed by atoms with Crippen molar-refractivity contribution >= 4 is 23.2 Å². The molecule has 1 atom stereocenters. The zero-order valence-electron chi connectivity index (χ0n) is 17.1. The molecular weight excluding hydrogens is 408 g/mol. The molecule has 31 heavy (non-hydrogen) atoms. The van der Waals surface area contributed by atoms with Crippen molar-refractivity contribution in [2.24, 2.45) is 16.0 Å². The summed E-state index contributed by atoms with van der Waals surface area (Å²) in [5, 5.41) is 18.0. The van der Waals surface area contributed by atoms with E-state index in [1.54, 1.807) is 12.1 Å². The van der Waals surface area contributed by atoms with Gasteiger partial charge in [-0.25, -0.2) is 4.68 Å². The summed E-state index contributed by atoms with van der Waals surface area (Å²) in [5.41, 5.74) is 2.88. The molecule has 3 aromatic rings. The van der Waals surface area contributed by atoms with Crippen LogP contribution in [0.3, 0.4) is 0 Å². The van der Waals surface area contributed by atoms with Crippen LogP contribution in [0.1, 0.15) is 24.8 Å². The summed E-state index contributed by atoms with van der Waals surface area (Å²) in [7, 11) is 0. The van der Waals surface area contributed by atoms with Crippen LogP contribution in [0, 0.1) is 16.0 Å². The number of nitrogens with zero attached hydrogens (tertiary/aromatic N) is 4. The van der Waals surface area contributed by atoms with E-state index in [4.69, 9.17) is 10.1 Å². The third-order valence-electron chi connectivity index (χ3n) is 5.23. The largest absolute Gasteiger partial charge is 0.270 e. The fourth-order valence-corrected chi connectivity index (χ4v) is 4.40. The predicted molar refractivity (Wildman–Crippen MR) is 125 cm³/mol. The van der Waals surface area contributed by atoms with Gasteiger partial charge in [0, 0.05) is 35.8 Å². The first-order valence-electron chi connectivity index (χ1n) is 10.4. The highest BCUT2D eigenvalue weighted by Crippen LogP contribution is 2.25. The highest BCUT2D eigenvalue weighted by atomic mass is 32.1. The van der Waals surface area contributed by atoms with Crippen LogP contribution in [0.5, 0.6) is 0 Å². The SMILES string of the molecule is O=[N+]([O-])c1cccc(-c2csc(=NCCc3ccccc3)n2N=CC2CC=CCC2)c1. The lowest BCUT2D eigenvalue weighted by atomic mass is 9.96. The van der Waals surface area contributed by atoms with Gasteiger partial charge >= 0.3 is 0 Å². The molecule has 158 valence electrons. The van der Waals surface area contributed by atoms with E-state index in [-0.39, 0.29) is 10.6 Å². The molecule has 4 rings (SSSR count). The summed E-state index contributed by atoms with van der Waals surface area (Å²) >= 11 is 1.51. The molecule has 1 aromatic heterocycles. The van der Waals surface area contributed by atoms with Crippen LogP contribution in [0.25, 0.3) is 11.3 Å². The minimum atomic E-state index is -0.372. The number of hydrogen-bond donors (Lipinski definition) is 0. The van der Waals surface area contributed by atoms with Crippen LogP contribution in [0.15, 0.2) is 82.2 Å². The summed E-state index contributed by atoms with van der Waals surface area (Å²) in [6.07, 6.45) is 10.4. The van der Waals surface area contributed by atoms with E-state index in [1.165, 1.54) is 23.0 Å². The Hall–Kier alpha value is -3.32. The van der Waals surface area contributed by atoms with E-state index >= 15 is 0 Å². The van der Waals surface area contributed by atoms with Crippen molar-refractivity contribution in [1.29, 1.82) is 0 Å². The molecule has 0 spiro atoms. The van der Waals surface area contributed by atoms with E-state index in [0.717, 1.165) is 41.7 Å². The van der Waals surface area contributed by atoms with Crippen molar-refractivity contribution in [2.75, 3.05) is 6.54 Å². The number of nitro groups is 1. The van der Waals surface area contributed by atoms with E-state index in [0.29, 0.717) is 12.5 Å². The Balaban J connectivity index is 1.66. The average molecular weight is 433 g/mol. The summed E-state index contributed by atoms with van der Waals surface area (Å²) < 4.78 is 1.83. The molecule has 1 aliphatic rings. The lowest BCUT2D eigenvalue weighted by Crippen LogP contribution is -2.15. The molecule has 0 aliphatic heterocycles. The molecule has 0 saturated heterocycles. The Morgan fingerprint density at radius 1 is 1.16 bits per heavy atom. The van der Waals surface area contributed by atoms with Crippen LogP contribution in [-0.4, -0.2) is 22.4 Å². The highest BCUT2D eigenvalue weighted by molar-refractivity contribution is 7.07. The average Bonchev–Trinajstić information content (AvgIpc) is 3.22. The van der Waals surface area contributed by atoms with Gasteiger partial charge < -0.3 is 0 Å².